The number of benzene rings is 1. The van der Waals surface area contributed by atoms with Crippen LogP contribution >= 0.6 is 11.6 Å². The molecule has 0 bridgehead atoms. The molecule has 0 fully saturated rings. The highest BCUT2D eigenvalue weighted by Gasteiger charge is 2.10. The smallest absolute Gasteiger partial charge is 0.254 e. The quantitative estimate of drug-likeness (QED) is 0.862. The van der Waals surface area contributed by atoms with E-state index in [0.29, 0.717) is 18.7 Å². The van der Waals surface area contributed by atoms with E-state index in [1.165, 1.54) is 0 Å². The summed E-state index contributed by atoms with van der Waals surface area (Å²) >= 11 is 5.89. The van der Waals surface area contributed by atoms with E-state index in [4.69, 9.17) is 16.3 Å². The first kappa shape index (κ1) is 14.5. The molecule has 2 rings (SSSR count). The second-order valence-corrected chi connectivity index (χ2v) is 4.58. The van der Waals surface area contributed by atoms with Gasteiger partial charge in [-0.25, -0.2) is 4.98 Å². The van der Waals surface area contributed by atoms with Gasteiger partial charge in [-0.3, -0.25) is 4.79 Å². The minimum Gasteiger partial charge on any atom is -0.380 e. The monoisotopic (exact) mass is 290 g/mol. The zero-order valence-electron chi connectivity index (χ0n) is 11.1. The maximum atomic E-state index is 12.0. The number of nitrogens with zero attached hydrogens (tertiary/aromatic N) is 1. The van der Waals surface area contributed by atoms with Crippen molar-refractivity contribution in [2.45, 2.75) is 13.2 Å². The third kappa shape index (κ3) is 3.56. The fourth-order valence-corrected chi connectivity index (χ4v) is 2.06. The molecule has 0 saturated heterocycles. The van der Waals surface area contributed by atoms with E-state index in [-0.39, 0.29) is 11.1 Å². The van der Waals surface area contributed by atoms with Gasteiger partial charge in [-0.2, -0.15) is 0 Å². The van der Waals surface area contributed by atoms with Gasteiger partial charge in [0.1, 0.15) is 5.15 Å². The normalized spacial score (nSPS) is 10.3. The number of ether oxygens (including phenoxy) is 1. The van der Waals surface area contributed by atoms with Crippen molar-refractivity contribution >= 4 is 17.5 Å². The zero-order chi connectivity index (χ0) is 14.4. The third-order valence-corrected chi connectivity index (χ3v) is 3.16. The predicted octanol–water partition coefficient (Wildman–Crippen LogP) is 2.81. The summed E-state index contributed by atoms with van der Waals surface area (Å²) in [6.07, 6.45) is 1.55. The van der Waals surface area contributed by atoms with E-state index in [9.17, 15) is 4.79 Å². The van der Waals surface area contributed by atoms with Crippen LogP contribution in [0.5, 0.6) is 0 Å². The summed E-state index contributed by atoms with van der Waals surface area (Å²) in [5.41, 5.74) is 2.44. The van der Waals surface area contributed by atoms with E-state index >= 15 is 0 Å². The van der Waals surface area contributed by atoms with Crippen molar-refractivity contribution in [2.75, 3.05) is 7.11 Å². The van der Waals surface area contributed by atoms with Gasteiger partial charge in [0.15, 0.2) is 0 Å². The molecule has 1 N–H and O–H groups in total. The molecule has 1 heterocycles. The van der Waals surface area contributed by atoms with Crippen LogP contribution in [0.2, 0.25) is 5.15 Å². The SMILES string of the molecule is COCc1ccccc1CNC(=O)c1cccnc1Cl. The van der Waals surface area contributed by atoms with Crippen LogP contribution in [0.1, 0.15) is 21.5 Å². The van der Waals surface area contributed by atoms with Gasteiger partial charge in [-0.1, -0.05) is 35.9 Å². The average molecular weight is 291 g/mol. The molecule has 1 aromatic heterocycles. The Morgan fingerprint density at radius 2 is 2.00 bits per heavy atom. The van der Waals surface area contributed by atoms with Gasteiger partial charge in [0.05, 0.1) is 12.2 Å². The predicted molar refractivity (Wildman–Crippen MR) is 77.6 cm³/mol. The number of amides is 1. The van der Waals surface area contributed by atoms with Gasteiger partial charge in [-0.15, -0.1) is 0 Å². The second kappa shape index (κ2) is 7.03. The molecule has 4 nitrogen and oxygen atoms in total. The van der Waals surface area contributed by atoms with Crippen molar-refractivity contribution in [3.63, 3.8) is 0 Å². The maximum Gasteiger partial charge on any atom is 0.254 e. The molecule has 0 radical (unpaired) electrons. The Balaban J connectivity index is 2.06. The Labute approximate surface area is 122 Å². The number of halogens is 1. The molecular weight excluding hydrogens is 276 g/mol. The molecule has 0 aliphatic carbocycles. The summed E-state index contributed by atoms with van der Waals surface area (Å²) < 4.78 is 5.14. The maximum absolute atomic E-state index is 12.0. The van der Waals surface area contributed by atoms with Crippen molar-refractivity contribution in [3.05, 3.63) is 64.4 Å². The number of hydrogen-bond donors (Lipinski definition) is 1. The number of rotatable bonds is 5. The molecular formula is C15H15ClN2O2. The number of nitrogens with one attached hydrogen (secondary N) is 1. The van der Waals surface area contributed by atoms with Crippen molar-refractivity contribution in [1.82, 2.24) is 10.3 Å². The minimum absolute atomic E-state index is 0.204. The van der Waals surface area contributed by atoms with Crippen molar-refractivity contribution < 1.29 is 9.53 Å². The Bertz CT molecular complexity index is 602. The van der Waals surface area contributed by atoms with Crippen LogP contribution in [0, 0.1) is 0 Å². The van der Waals surface area contributed by atoms with E-state index < -0.39 is 0 Å². The fourth-order valence-electron chi connectivity index (χ4n) is 1.85. The van der Waals surface area contributed by atoms with Crippen LogP contribution in [0.25, 0.3) is 0 Å². The summed E-state index contributed by atoms with van der Waals surface area (Å²) in [7, 11) is 1.64. The van der Waals surface area contributed by atoms with Crippen LogP contribution < -0.4 is 5.32 Å². The number of pyridine rings is 1. The molecule has 1 aromatic carbocycles. The molecule has 0 unspecified atom stereocenters. The van der Waals surface area contributed by atoms with Crippen LogP contribution in [0.4, 0.5) is 0 Å². The Morgan fingerprint density at radius 3 is 2.70 bits per heavy atom. The van der Waals surface area contributed by atoms with E-state index in [2.05, 4.69) is 10.3 Å². The third-order valence-electron chi connectivity index (χ3n) is 2.86. The zero-order valence-corrected chi connectivity index (χ0v) is 11.9. The first-order valence-electron chi connectivity index (χ1n) is 6.17. The van der Waals surface area contributed by atoms with Crippen LogP contribution in [0.3, 0.4) is 0 Å². The van der Waals surface area contributed by atoms with Crippen molar-refractivity contribution in [2.24, 2.45) is 0 Å². The molecule has 1 amide bonds. The number of carbonyl (C=O) groups excluding carboxylic acids is 1. The average Bonchev–Trinajstić information content (AvgIpc) is 2.47. The van der Waals surface area contributed by atoms with Gasteiger partial charge in [0, 0.05) is 19.9 Å². The number of hydrogen-bond acceptors (Lipinski definition) is 3. The van der Waals surface area contributed by atoms with Gasteiger partial charge in [-0.05, 0) is 23.3 Å². The summed E-state index contributed by atoms with van der Waals surface area (Å²) in [6, 6.07) is 11.1. The largest absolute Gasteiger partial charge is 0.380 e. The summed E-state index contributed by atoms with van der Waals surface area (Å²) in [5, 5.41) is 3.04. The lowest BCUT2D eigenvalue weighted by atomic mass is 10.1. The van der Waals surface area contributed by atoms with E-state index in [1.807, 2.05) is 24.3 Å². The van der Waals surface area contributed by atoms with Crippen LogP contribution in [-0.4, -0.2) is 18.0 Å². The topological polar surface area (TPSA) is 51.2 Å². The molecule has 20 heavy (non-hydrogen) atoms. The summed E-state index contributed by atoms with van der Waals surface area (Å²) in [6.45, 7) is 0.934. The molecule has 0 spiro atoms. The highest BCUT2D eigenvalue weighted by Crippen LogP contribution is 2.13. The van der Waals surface area contributed by atoms with Gasteiger partial charge >= 0.3 is 0 Å². The van der Waals surface area contributed by atoms with Crippen molar-refractivity contribution in [1.29, 1.82) is 0 Å². The van der Waals surface area contributed by atoms with E-state index in [1.54, 1.807) is 25.4 Å². The van der Waals surface area contributed by atoms with Gasteiger partial charge < -0.3 is 10.1 Å². The standard InChI is InChI=1S/C15H15ClN2O2/c1-20-10-12-6-3-2-5-11(12)9-18-15(19)13-7-4-8-17-14(13)16/h2-8H,9-10H2,1H3,(H,18,19). The first-order valence-corrected chi connectivity index (χ1v) is 6.54. The minimum atomic E-state index is -0.240. The number of aromatic nitrogens is 1. The molecule has 0 atom stereocenters. The number of carbonyl (C=O) groups is 1. The van der Waals surface area contributed by atoms with Crippen LogP contribution in [-0.2, 0) is 17.9 Å². The molecule has 0 saturated carbocycles. The van der Waals surface area contributed by atoms with Crippen LogP contribution in [0.15, 0.2) is 42.6 Å². The Hall–Kier alpha value is -1.91. The molecule has 2 aromatic rings. The lowest BCUT2D eigenvalue weighted by Gasteiger charge is -2.10. The summed E-state index contributed by atoms with van der Waals surface area (Å²) in [5.74, 6) is -0.240. The summed E-state index contributed by atoms with van der Waals surface area (Å²) in [4.78, 5) is 15.9. The highest BCUT2D eigenvalue weighted by molar-refractivity contribution is 6.32. The van der Waals surface area contributed by atoms with Gasteiger partial charge in [0.2, 0.25) is 0 Å². The highest BCUT2D eigenvalue weighted by atomic mass is 35.5. The molecule has 104 valence electrons. The first-order chi connectivity index (χ1) is 9.72. The molecule has 0 aliphatic heterocycles. The molecule has 0 aliphatic rings. The second-order valence-electron chi connectivity index (χ2n) is 4.23. The Kier molecular flexibility index (Phi) is 5.09. The van der Waals surface area contributed by atoms with Gasteiger partial charge in [0.25, 0.3) is 5.91 Å². The number of methoxy groups -OCH3 is 1. The lowest BCUT2D eigenvalue weighted by Crippen LogP contribution is -2.24. The fraction of sp³-hybridized carbons (Fsp3) is 0.200. The lowest BCUT2D eigenvalue weighted by molar-refractivity contribution is 0.0950. The molecule has 5 heteroatoms. The van der Waals surface area contributed by atoms with Crippen molar-refractivity contribution in [3.8, 4) is 0 Å². The van der Waals surface area contributed by atoms with E-state index in [0.717, 1.165) is 11.1 Å². The Morgan fingerprint density at radius 1 is 1.25 bits per heavy atom.